The number of nitrogens with one attached hydrogen (secondary N) is 2. The molecule has 176 valence electrons. The number of aryl methyl sites for hydroxylation is 1. The zero-order chi connectivity index (χ0) is 22.9. The molecule has 4 rings (SSSR count). The zero-order valence-corrected chi connectivity index (χ0v) is 20.0. The molecule has 2 N–H and O–H groups in total. The van der Waals surface area contributed by atoms with E-state index in [1.807, 2.05) is 6.20 Å². The van der Waals surface area contributed by atoms with Gasteiger partial charge in [0.15, 0.2) is 5.96 Å². The molecule has 33 heavy (non-hydrogen) atoms. The van der Waals surface area contributed by atoms with Crippen LogP contribution in [0.25, 0.3) is 10.9 Å². The number of guanidine groups is 1. The summed E-state index contributed by atoms with van der Waals surface area (Å²) in [6, 6.07) is 15.0. The highest BCUT2D eigenvalue weighted by atomic mass is 15.3. The third kappa shape index (κ3) is 6.26. The maximum Gasteiger partial charge on any atom is 0.191 e. The van der Waals surface area contributed by atoms with Gasteiger partial charge >= 0.3 is 0 Å². The fourth-order valence-electron chi connectivity index (χ4n) is 4.29. The third-order valence-corrected chi connectivity index (χ3v) is 6.27. The van der Waals surface area contributed by atoms with Crippen molar-refractivity contribution >= 4 is 22.7 Å². The van der Waals surface area contributed by atoms with Crippen molar-refractivity contribution in [3.63, 3.8) is 0 Å². The van der Waals surface area contributed by atoms with E-state index in [0.717, 1.165) is 76.1 Å². The quantitative estimate of drug-likeness (QED) is 0.299. The third-order valence-electron chi connectivity index (χ3n) is 6.27. The molecule has 0 aliphatic carbocycles. The minimum absolute atomic E-state index is 0.620. The normalized spacial score (nSPS) is 15.2. The monoisotopic (exact) mass is 447 g/mol. The summed E-state index contributed by atoms with van der Waals surface area (Å²) in [5, 5.41) is 8.11. The van der Waals surface area contributed by atoms with Gasteiger partial charge in [0.05, 0.1) is 6.54 Å². The molecule has 0 bridgehead atoms. The van der Waals surface area contributed by atoms with Crippen molar-refractivity contribution in [2.75, 3.05) is 50.7 Å². The average Bonchev–Trinajstić information content (AvgIpc) is 3.28. The first-order valence-corrected chi connectivity index (χ1v) is 12.2. The Hall–Kier alpha value is -3.06. The van der Waals surface area contributed by atoms with E-state index in [1.54, 1.807) is 0 Å². The van der Waals surface area contributed by atoms with Crippen LogP contribution in [0.4, 0.5) is 5.82 Å². The van der Waals surface area contributed by atoms with Crippen molar-refractivity contribution in [1.82, 2.24) is 25.1 Å². The molecule has 1 aromatic carbocycles. The molecule has 3 heterocycles. The minimum atomic E-state index is 0.620. The molecule has 7 nitrogen and oxygen atoms in total. The van der Waals surface area contributed by atoms with E-state index in [-0.39, 0.29) is 0 Å². The van der Waals surface area contributed by atoms with Crippen LogP contribution in [0, 0.1) is 0 Å². The van der Waals surface area contributed by atoms with Crippen LogP contribution in [0.2, 0.25) is 0 Å². The lowest BCUT2D eigenvalue weighted by Gasteiger charge is -2.34. The van der Waals surface area contributed by atoms with Crippen molar-refractivity contribution in [2.45, 2.75) is 33.4 Å². The lowest BCUT2D eigenvalue weighted by Crippen LogP contribution is -2.46. The predicted molar refractivity (Wildman–Crippen MR) is 138 cm³/mol. The van der Waals surface area contributed by atoms with Gasteiger partial charge in [0.25, 0.3) is 0 Å². The van der Waals surface area contributed by atoms with Crippen molar-refractivity contribution < 1.29 is 0 Å². The van der Waals surface area contributed by atoms with E-state index >= 15 is 0 Å². The zero-order valence-electron chi connectivity index (χ0n) is 20.0. The summed E-state index contributed by atoms with van der Waals surface area (Å²) in [5.41, 5.74) is 2.42. The van der Waals surface area contributed by atoms with Crippen LogP contribution >= 0.6 is 0 Å². The molecule has 1 saturated heterocycles. The number of piperazine rings is 1. The smallest absolute Gasteiger partial charge is 0.191 e. The van der Waals surface area contributed by atoms with E-state index in [1.165, 1.54) is 10.9 Å². The van der Waals surface area contributed by atoms with Crippen LogP contribution in [0.5, 0.6) is 0 Å². The van der Waals surface area contributed by atoms with Gasteiger partial charge in [0.1, 0.15) is 5.82 Å². The maximum absolute atomic E-state index is 4.76. The second-order valence-corrected chi connectivity index (χ2v) is 8.49. The van der Waals surface area contributed by atoms with E-state index in [4.69, 9.17) is 9.98 Å². The summed E-state index contributed by atoms with van der Waals surface area (Å²) < 4.78 is 2.32. The standard InChI is InChI=1S/C26H37N7/c1-3-27-26(28-13-7-14-32-15-12-23-8-5-6-9-24(23)32)30-21-22-10-11-25(29-20-22)33-18-16-31(4-2)17-19-33/h5-6,8-12,15,20H,3-4,7,13-14,16-19,21H2,1-2H3,(H2,27,28,30). The number of pyridine rings is 1. The summed E-state index contributed by atoms with van der Waals surface area (Å²) in [6.45, 7) is 13.1. The molecule has 0 saturated carbocycles. The summed E-state index contributed by atoms with van der Waals surface area (Å²) in [4.78, 5) is 14.3. The molecule has 1 fully saturated rings. The number of nitrogens with zero attached hydrogens (tertiary/aromatic N) is 5. The number of hydrogen-bond donors (Lipinski definition) is 2. The summed E-state index contributed by atoms with van der Waals surface area (Å²) in [7, 11) is 0. The highest BCUT2D eigenvalue weighted by Gasteiger charge is 2.16. The van der Waals surface area contributed by atoms with Crippen LogP contribution in [0.1, 0.15) is 25.8 Å². The van der Waals surface area contributed by atoms with Gasteiger partial charge in [-0.2, -0.15) is 0 Å². The molecule has 3 aromatic rings. The number of benzene rings is 1. The predicted octanol–water partition coefficient (Wildman–Crippen LogP) is 3.32. The molecule has 0 unspecified atom stereocenters. The first kappa shape index (κ1) is 23.1. The van der Waals surface area contributed by atoms with Gasteiger partial charge in [0, 0.05) is 63.7 Å². The maximum atomic E-state index is 4.76. The highest BCUT2D eigenvalue weighted by molar-refractivity contribution is 5.80. The Morgan fingerprint density at radius 1 is 1.00 bits per heavy atom. The van der Waals surface area contributed by atoms with Gasteiger partial charge in [-0.05, 0) is 49.0 Å². The molecule has 0 atom stereocenters. The molecule has 1 aliphatic rings. The minimum Gasteiger partial charge on any atom is -0.357 e. The van der Waals surface area contributed by atoms with Crippen LogP contribution in [-0.4, -0.2) is 66.2 Å². The molecule has 2 aromatic heterocycles. The number of aliphatic imine (C=N–C) groups is 1. The van der Waals surface area contributed by atoms with E-state index in [9.17, 15) is 0 Å². The van der Waals surface area contributed by atoms with Gasteiger partial charge in [0.2, 0.25) is 0 Å². The van der Waals surface area contributed by atoms with E-state index in [2.05, 4.69) is 87.5 Å². The summed E-state index contributed by atoms with van der Waals surface area (Å²) >= 11 is 0. The van der Waals surface area contributed by atoms with Gasteiger partial charge in [-0.15, -0.1) is 0 Å². The Morgan fingerprint density at radius 3 is 2.61 bits per heavy atom. The van der Waals surface area contributed by atoms with E-state index in [0.29, 0.717) is 6.54 Å². The van der Waals surface area contributed by atoms with Crippen LogP contribution < -0.4 is 15.5 Å². The number of anilines is 1. The van der Waals surface area contributed by atoms with Gasteiger partial charge in [-0.1, -0.05) is 31.2 Å². The largest absolute Gasteiger partial charge is 0.357 e. The number of likely N-dealkylation sites (N-methyl/N-ethyl adjacent to an activating group) is 1. The molecular formula is C26H37N7. The van der Waals surface area contributed by atoms with Gasteiger partial charge < -0.3 is 25.0 Å². The van der Waals surface area contributed by atoms with Crippen LogP contribution in [-0.2, 0) is 13.1 Å². The molecular weight excluding hydrogens is 410 g/mol. The van der Waals surface area contributed by atoms with Crippen LogP contribution in [0.15, 0.2) is 59.9 Å². The average molecular weight is 448 g/mol. The fourth-order valence-corrected chi connectivity index (χ4v) is 4.29. The number of hydrogen-bond acceptors (Lipinski definition) is 4. The van der Waals surface area contributed by atoms with Crippen molar-refractivity contribution in [2.24, 2.45) is 4.99 Å². The fraction of sp³-hybridized carbons (Fsp3) is 0.462. The van der Waals surface area contributed by atoms with E-state index < -0.39 is 0 Å². The summed E-state index contributed by atoms with van der Waals surface area (Å²) in [5.74, 6) is 1.93. The first-order valence-electron chi connectivity index (χ1n) is 12.2. The number of para-hydroxylation sites is 1. The number of aromatic nitrogens is 2. The SMILES string of the molecule is CCNC(=NCc1ccc(N2CCN(CC)CC2)nc1)NCCCn1ccc2ccccc21. The number of fused-ring (bicyclic) bond motifs is 1. The highest BCUT2D eigenvalue weighted by Crippen LogP contribution is 2.16. The van der Waals surface area contributed by atoms with Crippen molar-refractivity contribution in [3.8, 4) is 0 Å². The summed E-state index contributed by atoms with van der Waals surface area (Å²) in [6.07, 6.45) is 5.17. The topological polar surface area (TPSA) is 60.7 Å². The molecule has 7 heteroatoms. The Morgan fingerprint density at radius 2 is 1.85 bits per heavy atom. The van der Waals surface area contributed by atoms with Gasteiger partial charge in [-0.25, -0.2) is 9.98 Å². The van der Waals surface area contributed by atoms with Crippen molar-refractivity contribution in [3.05, 3.63) is 60.4 Å². The Balaban J connectivity index is 1.25. The molecule has 0 radical (unpaired) electrons. The Labute approximate surface area is 197 Å². The first-order chi connectivity index (χ1) is 16.3. The second kappa shape index (κ2) is 11.7. The van der Waals surface area contributed by atoms with Crippen LogP contribution in [0.3, 0.4) is 0 Å². The Kier molecular flexibility index (Phi) is 8.19. The molecule has 0 spiro atoms. The lowest BCUT2D eigenvalue weighted by atomic mass is 10.2. The molecule has 0 amide bonds. The van der Waals surface area contributed by atoms with Crippen molar-refractivity contribution in [1.29, 1.82) is 0 Å². The second-order valence-electron chi connectivity index (χ2n) is 8.49. The van der Waals surface area contributed by atoms with Gasteiger partial charge in [-0.3, -0.25) is 0 Å². The molecule has 1 aliphatic heterocycles. The number of rotatable bonds is 9. The lowest BCUT2D eigenvalue weighted by molar-refractivity contribution is 0.270. The Bertz CT molecular complexity index is 1020.